The molecule has 2 aromatic heterocycles. The fourth-order valence-corrected chi connectivity index (χ4v) is 5.99. The third-order valence-electron chi connectivity index (χ3n) is 7.27. The fourth-order valence-electron chi connectivity index (χ4n) is 5.44. The maximum absolute atomic E-state index is 11.9. The first kappa shape index (κ1) is 27.7. The van der Waals surface area contributed by atoms with Gasteiger partial charge in [-0.25, -0.2) is 13.4 Å². The van der Waals surface area contributed by atoms with E-state index >= 15 is 0 Å². The Morgan fingerprint density at radius 3 is 2.69 bits per heavy atom. The maximum Gasteiger partial charge on any atom is 0.229 e. The lowest BCUT2D eigenvalue weighted by atomic mass is 9.86. The van der Waals surface area contributed by atoms with Crippen molar-refractivity contribution >= 4 is 37.8 Å². The van der Waals surface area contributed by atoms with Crippen LogP contribution >= 0.6 is 0 Å². The summed E-state index contributed by atoms with van der Waals surface area (Å²) in [5.74, 6) is 0.570. The molecule has 0 saturated heterocycles. The van der Waals surface area contributed by atoms with Crippen molar-refractivity contribution in [1.82, 2.24) is 14.8 Å². The molecule has 0 atom stereocenters. The van der Waals surface area contributed by atoms with Crippen LogP contribution in [0.1, 0.15) is 41.2 Å². The minimum absolute atomic E-state index is 0.362. The number of ether oxygens (including phenoxy) is 2. The molecule has 6 rings (SSSR count). The first-order valence-electron chi connectivity index (χ1n) is 13.9. The van der Waals surface area contributed by atoms with E-state index in [9.17, 15) is 8.42 Å². The zero-order chi connectivity index (χ0) is 29.1. The molecule has 1 aliphatic rings. The third-order valence-corrected chi connectivity index (χ3v) is 7.88. The van der Waals surface area contributed by atoms with Gasteiger partial charge in [0.2, 0.25) is 15.9 Å². The Balaban J connectivity index is 1.40. The Morgan fingerprint density at radius 1 is 1.02 bits per heavy atom. The molecule has 1 N–H and O–H groups in total. The largest absolute Gasteiger partial charge is 0.472 e. The number of rotatable bonds is 9. The van der Waals surface area contributed by atoms with E-state index in [0.29, 0.717) is 44.4 Å². The molecule has 0 fully saturated rings. The number of nitrogens with one attached hydrogen (secondary N) is 1. The second-order valence-electron chi connectivity index (χ2n) is 10.3. The number of benzene rings is 3. The Morgan fingerprint density at radius 2 is 1.88 bits per heavy atom. The Hall–Kier alpha value is -4.47. The van der Waals surface area contributed by atoms with Gasteiger partial charge in [-0.3, -0.25) is 9.40 Å². The summed E-state index contributed by atoms with van der Waals surface area (Å²) in [5.41, 5.74) is 8.65. The van der Waals surface area contributed by atoms with Crippen molar-refractivity contribution in [3.8, 4) is 5.88 Å². The van der Waals surface area contributed by atoms with Crippen LogP contribution in [0.5, 0.6) is 5.88 Å². The molecule has 0 aliphatic carbocycles. The van der Waals surface area contributed by atoms with Crippen LogP contribution in [0, 0.1) is 0 Å². The van der Waals surface area contributed by atoms with Crippen molar-refractivity contribution in [2.24, 2.45) is 0 Å². The van der Waals surface area contributed by atoms with Crippen molar-refractivity contribution < 1.29 is 17.9 Å². The summed E-state index contributed by atoms with van der Waals surface area (Å²) in [4.78, 5) is 4.56. The fraction of sp³-hybridized carbons (Fsp3) is 0.212. The lowest BCUT2D eigenvalue weighted by Crippen LogP contribution is -2.09. The summed E-state index contributed by atoms with van der Waals surface area (Å²) in [6.07, 6.45) is 5.49. The molecule has 42 heavy (non-hydrogen) atoms. The lowest BCUT2D eigenvalue weighted by Gasteiger charge is -2.18. The highest BCUT2D eigenvalue weighted by Crippen LogP contribution is 2.42. The average molecular weight is 581 g/mol. The van der Waals surface area contributed by atoms with E-state index in [-0.39, 0.29) is 0 Å². The molecule has 0 amide bonds. The van der Waals surface area contributed by atoms with Gasteiger partial charge in [-0.15, -0.1) is 0 Å². The zero-order valence-electron chi connectivity index (χ0n) is 23.6. The van der Waals surface area contributed by atoms with Crippen molar-refractivity contribution in [1.29, 1.82) is 0 Å². The van der Waals surface area contributed by atoms with Gasteiger partial charge in [-0.05, 0) is 76.2 Å². The number of aromatic nitrogens is 3. The van der Waals surface area contributed by atoms with Crippen molar-refractivity contribution in [2.45, 2.75) is 33.1 Å². The summed E-state index contributed by atoms with van der Waals surface area (Å²) in [5, 5.41) is 5.69. The second-order valence-corrected chi connectivity index (χ2v) is 12.0. The van der Waals surface area contributed by atoms with E-state index in [2.05, 4.69) is 46.0 Å². The van der Waals surface area contributed by atoms with Gasteiger partial charge in [0.05, 0.1) is 37.7 Å². The number of nitrogens with zero attached hydrogens (tertiary/aromatic N) is 3. The summed E-state index contributed by atoms with van der Waals surface area (Å²) < 4.78 is 40.6. The molecule has 0 bridgehead atoms. The van der Waals surface area contributed by atoms with Crippen LogP contribution in [-0.4, -0.2) is 36.0 Å². The Kier molecular flexibility index (Phi) is 7.78. The van der Waals surface area contributed by atoms with Gasteiger partial charge in [0.15, 0.2) is 0 Å². The number of fused-ring (bicyclic) bond motifs is 3. The number of hydrogen-bond acceptors (Lipinski definition) is 6. The van der Waals surface area contributed by atoms with Crippen molar-refractivity contribution in [3.05, 3.63) is 119 Å². The SMILES string of the molecule is CC/C(=C1\c2cc3cnn(CCOCc4ccccc4)c3cc2COc2ncccc21)c1cccc(NS(C)(=O)=O)c1. The van der Waals surface area contributed by atoms with Crippen LogP contribution in [0.3, 0.4) is 0 Å². The summed E-state index contributed by atoms with van der Waals surface area (Å²) in [6, 6.07) is 25.9. The minimum Gasteiger partial charge on any atom is -0.472 e. The normalized spacial score (nSPS) is 14.0. The molecule has 3 heterocycles. The molecule has 0 spiro atoms. The second kappa shape index (κ2) is 11.8. The highest BCUT2D eigenvalue weighted by molar-refractivity contribution is 7.92. The molecular formula is C33H32N4O4S. The van der Waals surface area contributed by atoms with Crippen LogP contribution in [0.4, 0.5) is 5.69 Å². The van der Waals surface area contributed by atoms with Crippen LogP contribution < -0.4 is 9.46 Å². The van der Waals surface area contributed by atoms with E-state index in [1.165, 1.54) is 0 Å². The summed E-state index contributed by atoms with van der Waals surface area (Å²) in [6.45, 7) is 4.19. The topological polar surface area (TPSA) is 95.3 Å². The van der Waals surface area contributed by atoms with Gasteiger partial charge < -0.3 is 9.47 Å². The summed E-state index contributed by atoms with van der Waals surface area (Å²) in [7, 11) is -3.41. The highest BCUT2D eigenvalue weighted by atomic mass is 32.2. The lowest BCUT2D eigenvalue weighted by molar-refractivity contribution is 0.111. The molecule has 5 aromatic rings. The Bertz CT molecular complexity index is 1880. The summed E-state index contributed by atoms with van der Waals surface area (Å²) >= 11 is 0. The first-order valence-corrected chi connectivity index (χ1v) is 15.8. The molecular weight excluding hydrogens is 548 g/mol. The van der Waals surface area contributed by atoms with Crippen LogP contribution in [0.2, 0.25) is 0 Å². The van der Waals surface area contributed by atoms with E-state index < -0.39 is 10.0 Å². The molecule has 0 saturated carbocycles. The number of anilines is 1. The van der Waals surface area contributed by atoms with E-state index in [1.807, 2.05) is 59.4 Å². The standard InChI is InChI=1S/C33H32N4O4S/c1-3-28(24-11-7-12-27(17-24)36-42(2,38)39)32-29-13-8-14-34-33(29)41-22-26-19-31-25(18-30(26)32)20-35-37(31)15-16-40-21-23-9-5-4-6-10-23/h4-14,17-20,36H,3,15-16,21-22H2,1-2H3/b32-28+. The third kappa shape index (κ3) is 5.93. The minimum atomic E-state index is -3.41. The van der Waals surface area contributed by atoms with Crippen LogP contribution in [-0.2, 0) is 34.5 Å². The molecule has 9 heteroatoms. The van der Waals surface area contributed by atoms with Gasteiger partial charge in [0.1, 0.15) is 6.61 Å². The van der Waals surface area contributed by atoms with E-state index in [0.717, 1.165) is 56.1 Å². The molecule has 1 aliphatic heterocycles. The number of hydrogen-bond donors (Lipinski definition) is 1. The zero-order valence-corrected chi connectivity index (χ0v) is 24.4. The Labute approximate surface area is 245 Å². The van der Waals surface area contributed by atoms with E-state index in [1.54, 1.807) is 12.3 Å². The monoisotopic (exact) mass is 580 g/mol. The van der Waals surface area contributed by atoms with Gasteiger partial charge in [-0.2, -0.15) is 5.10 Å². The highest BCUT2D eigenvalue weighted by Gasteiger charge is 2.25. The van der Waals surface area contributed by atoms with Gasteiger partial charge in [0, 0.05) is 22.8 Å². The predicted molar refractivity (Wildman–Crippen MR) is 166 cm³/mol. The van der Waals surface area contributed by atoms with E-state index in [4.69, 9.17) is 9.47 Å². The quantitative estimate of drug-likeness (QED) is 0.206. The van der Waals surface area contributed by atoms with Crippen LogP contribution in [0.15, 0.2) is 91.3 Å². The van der Waals surface area contributed by atoms with Crippen LogP contribution in [0.25, 0.3) is 22.0 Å². The van der Waals surface area contributed by atoms with Crippen molar-refractivity contribution in [2.75, 3.05) is 17.6 Å². The maximum atomic E-state index is 11.9. The van der Waals surface area contributed by atoms with Gasteiger partial charge in [-0.1, -0.05) is 49.4 Å². The number of allylic oxidation sites excluding steroid dienone is 1. The smallest absolute Gasteiger partial charge is 0.229 e. The van der Waals surface area contributed by atoms with Gasteiger partial charge in [0.25, 0.3) is 0 Å². The predicted octanol–water partition coefficient (Wildman–Crippen LogP) is 6.28. The molecule has 8 nitrogen and oxygen atoms in total. The van der Waals surface area contributed by atoms with Crippen molar-refractivity contribution in [3.63, 3.8) is 0 Å². The average Bonchev–Trinajstić information content (AvgIpc) is 3.30. The molecule has 0 unspecified atom stereocenters. The molecule has 0 radical (unpaired) electrons. The molecule has 214 valence electrons. The molecule has 3 aromatic carbocycles. The number of pyridine rings is 1. The first-order chi connectivity index (χ1) is 20.4. The van der Waals surface area contributed by atoms with Gasteiger partial charge >= 0.3 is 0 Å². The number of sulfonamides is 1.